The van der Waals surface area contributed by atoms with Crippen LogP contribution in [0.3, 0.4) is 0 Å². The minimum absolute atomic E-state index is 0.148. The molecule has 2 rings (SSSR count). The van der Waals surface area contributed by atoms with E-state index in [0.29, 0.717) is 24.0 Å². The highest BCUT2D eigenvalue weighted by atomic mass is 19.4. The van der Waals surface area contributed by atoms with Gasteiger partial charge in [-0.15, -0.1) is 5.10 Å². The molecule has 2 heterocycles. The van der Waals surface area contributed by atoms with Gasteiger partial charge in [0.25, 0.3) is 0 Å². The molecule has 0 bridgehead atoms. The van der Waals surface area contributed by atoms with Gasteiger partial charge in [0.2, 0.25) is 5.82 Å². The van der Waals surface area contributed by atoms with Crippen molar-refractivity contribution in [2.45, 2.75) is 26.1 Å². The first kappa shape index (κ1) is 16.8. The van der Waals surface area contributed by atoms with Crippen LogP contribution in [0.2, 0.25) is 0 Å². The second-order valence-electron chi connectivity index (χ2n) is 4.57. The summed E-state index contributed by atoms with van der Waals surface area (Å²) in [5, 5.41) is 12.2. The summed E-state index contributed by atoms with van der Waals surface area (Å²) in [5.41, 5.74) is 0. The SMILES string of the molecule is CCNC(=NCc1nc(-c2ccco2)n[nH]1)NCCC(F)(F)F. The molecule has 0 saturated heterocycles. The highest BCUT2D eigenvalue weighted by Crippen LogP contribution is 2.18. The number of H-pyrrole nitrogens is 1. The standard InChI is InChI=1S/C13H17F3N6O/c1-2-17-12(18-6-5-13(14,15)16)19-8-10-20-11(22-21-10)9-4-3-7-23-9/h3-4,7H,2,5-6,8H2,1H3,(H2,17,18,19)(H,20,21,22). The molecule has 23 heavy (non-hydrogen) atoms. The van der Waals surface area contributed by atoms with Gasteiger partial charge in [0, 0.05) is 13.1 Å². The third kappa shape index (κ3) is 5.64. The molecule has 0 fully saturated rings. The Hall–Kier alpha value is -2.52. The number of rotatable bonds is 6. The first-order valence-electron chi connectivity index (χ1n) is 7.02. The number of nitrogens with one attached hydrogen (secondary N) is 3. The Morgan fingerprint density at radius 3 is 2.87 bits per heavy atom. The maximum atomic E-state index is 12.1. The van der Waals surface area contributed by atoms with Gasteiger partial charge in [0.15, 0.2) is 11.7 Å². The van der Waals surface area contributed by atoms with Crippen LogP contribution in [-0.4, -0.2) is 40.4 Å². The van der Waals surface area contributed by atoms with E-state index in [1.165, 1.54) is 6.26 Å². The van der Waals surface area contributed by atoms with Crippen LogP contribution in [0.15, 0.2) is 27.8 Å². The number of furan rings is 1. The van der Waals surface area contributed by atoms with E-state index in [2.05, 4.69) is 30.8 Å². The summed E-state index contributed by atoms with van der Waals surface area (Å²) < 4.78 is 41.6. The fraction of sp³-hybridized carbons (Fsp3) is 0.462. The molecule has 0 aliphatic carbocycles. The van der Waals surface area contributed by atoms with Crippen LogP contribution in [-0.2, 0) is 6.54 Å². The van der Waals surface area contributed by atoms with E-state index >= 15 is 0 Å². The van der Waals surface area contributed by atoms with Gasteiger partial charge in [-0.3, -0.25) is 5.10 Å². The third-order valence-electron chi connectivity index (χ3n) is 2.71. The van der Waals surface area contributed by atoms with E-state index in [-0.39, 0.29) is 19.0 Å². The molecular formula is C13H17F3N6O. The summed E-state index contributed by atoms with van der Waals surface area (Å²) in [6.45, 7) is 2.26. The quantitative estimate of drug-likeness (QED) is 0.557. The van der Waals surface area contributed by atoms with Crippen molar-refractivity contribution in [1.29, 1.82) is 0 Å². The zero-order valence-electron chi connectivity index (χ0n) is 12.4. The van der Waals surface area contributed by atoms with Gasteiger partial charge < -0.3 is 15.1 Å². The first-order valence-corrected chi connectivity index (χ1v) is 7.02. The Kier molecular flexibility index (Phi) is 5.61. The van der Waals surface area contributed by atoms with Crippen LogP contribution >= 0.6 is 0 Å². The van der Waals surface area contributed by atoms with Crippen LogP contribution < -0.4 is 10.6 Å². The molecule has 2 aromatic heterocycles. The largest absolute Gasteiger partial charge is 0.461 e. The summed E-state index contributed by atoms with van der Waals surface area (Å²) in [6, 6.07) is 3.44. The fourth-order valence-electron chi connectivity index (χ4n) is 1.70. The average Bonchev–Trinajstić information content (AvgIpc) is 3.14. The second kappa shape index (κ2) is 7.65. The highest BCUT2D eigenvalue weighted by Gasteiger charge is 2.26. The number of nitrogens with zero attached hydrogens (tertiary/aromatic N) is 3. The Morgan fingerprint density at radius 2 is 2.22 bits per heavy atom. The lowest BCUT2D eigenvalue weighted by molar-refractivity contribution is -0.132. The number of guanidine groups is 1. The van der Waals surface area contributed by atoms with E-state index < -0.39 is 12.6 Å². The van der Waals surface area contributed by atoms with Crippen molar-refractivity contribution in [3.8, 4) is 11.6 Å². The second-order valence-corrected chi connectivity index (χ2v) is 4.57. The number of aromatic nitrogens is 3. The Balaban J connectivity index is 1.92. The molecule has 0 aromatic carbocycles. The highest BCUT2D eigenvalue weighted by molar-refractivity contribution is 5.79. The van der Waals surface area contributed by atoms with Crippen molar-refractivity contribution in [2.24, 2.45) is 4.99 Å². The number of alkyl halides is 3. The summed E-state index contributed by atoms with van der Waals surface area (Å²) in [5.74, 6) is 1.68. The van der Waals surface area contributed by atoms with Crippen LogP contribution in [0, 0.1) is 0 Å². The van der Waals surface area contributed by atoms with Crippen LogP contribution in [0.1, 0.15) is 19.2 Å². The molecule has 7 nitrogen and oxygen atoms in total. The maximum Gasteiger partial charge on any atom is 0.390 e. The minimum Gasteiger partial charge on any atom is -0.461 e. The lowest BCUT2D eigenvalue weighted by Gasteiger charge is -2.12. The topological polar surface area (TPSA) is 91.1 Å². The van der Waals surface area contributed by atoms with Crippen LogP contribution in [0.4, 0.5) is 13.2 Å². The molecule has 0 radical (unpaired) electrons. The minimum atomic E-state index is -4.20. The Labute approximate surface area is 130 Å². The number of hydrogen-bond acceptors (Lipinski definition) is 4. The van der Waals surface area contributed by atoms with E-state index in [9.17, 15) is 13.2 Å². The van der Waals surface area contributed by atoms with E-state index in [1.54, 1.807) is 12.1 Å². The predicted molar refractivity (Wildman–Crippen MR) is 77.6 cm³/mol. The molecule has 0 unspecified atom stereocenters. The Morgan fingerprint density at radius 1 is 1.39 bits per heavy atom. The van der Waals surface area contributed by atoms with Gasteiger partial charge in [-0.2, -0.15) is 13.2 Å². The lowest BCUT2D eigenvalue weighted by atomic mass is 10.4. The van der Waals surface area contributed by atoms with Crippen molar-refractivity contribution in [2.75, 3.05) is 13.1 Å². The molecule has 0 aliphatic rings. The summed E-state index contributed by atoms with van der Waals surface area (Å²) >= 11 is 0. The molecular weight excluding hydrogens is 313 g/mol. The van der Waals surface area contributed by atoms with Gasteiger partial charge >= 0.3 is 6.18 Å². The van der Waals surface area contributed by atoms with Crippen molar-refractivity contribution >= 4 is 5.96 Å². The number of hydrogen-bond donors (Lipinski definition) is 3. The summed E-state index contributed by atoms with van der Waals surface area (Å²) in [6.07, 6.45) is -3.62. The van der Waals surface area contributed by atoms with Gasteiger partial charge in [-0.1, -0.05) is 0 Å². The van der Waals surface area contributed by atoms with E-state index in [4.69, 9.17) is 4.42 Å². The maximum absolute atomic E-state index is 12.1. The van der Waals surface area contributed by atoms with Gasteiger partial charge in [-0.05, 0) is 19.1 Å². The zero-order chi connectivity index (χ0) is 16.7. The first-order chi connectivity index (χ1) is 11.0. The number of aliphatic imine (C=N–C) groups is 1. The number of halogens is 3. The van der Waals surface area contributed by atoms with Crippen molar-refractivity contribution in [3.05, 3.63) is 24.2 Å². The van der Waals surface area contributed by atoms with Crippen molar-refractivity contribution < 1.29 is 17.6 Å². The molecule has 3 N–H and O–H groups in total. The van der Waals surface area contributed by atoms with Crippen LogP contribution in [0.5, 0.6) is 0 Å². The summed E-state index contributed by atoms with van der Waals surface area (Å²) in [7, 11) is 0. The number of aromatic amines is 1. The molecule has 0 amide bonds. The van der Waals surface area contributed by atoms with Gasteiger partial charge in [0.1, 0.15) is 12.4 Å². The molecule has 126 valence electrons. The van der Waals surface area contributed by atoms with Gasteiger partial charge in [0.05, 0.1) is 12.7 Å². The summed E-state index contributed by atoms with van der Waals surface area (Å²) in [4.78, 5) is 8.36. The molecule has 0 spiro atoms. The van der Waals surface area contributed by atoms with Crippen molar-refractivity contribution in [1.82, 2.24) is 25.8 Å². The van der Waals surface area contributed by atoms with Crippen molar-refractivity contribution in [3.63, 3.8) is 0 Å². The molecule has 0 atom stereocenters. The molecule has 0 aliphatic heterocycles. The molecule has 2 aromatic rings. The monoisotopic (exact) mass is 330 g/mol. The smallest absolute Gasteiger partial charge is 0.390 e. The van der Waals surface area contributed by atoms with E-state index in [0.717, 1.165) is 0 Å². The lowest BCUT2D eigenvalue weighted by Crippen LogP contribution is -2.38. The predicted octanol–water partition coefficient (Wildman–Crippen LogP) is 2.07. The van der Waals surface area contributed by atoms with Crippen LogP contribution in [0.25, 0.3) is 11.6 Å². The molecule has 0 saturated carbocycles. The Bertz CT molecular complexity index is 620. The van der Waals surface area contributed by atoms with Gasteiger partial charge in [-0.25, -0.2) is 9.98 Å². The normalized spacial score (nSPS) is 12.4. The zero-order valence-corrected chi connectivity index (χ0v) is 12.4. The molecule has 10 heteroatoms. The third-order valence-corrected chi connectivity index (χ3v) is 2.71. The average molecular weight is 330 g/mol. The fourth-order valence-corrected chi connectivity index (χ4v) is 1.70. The van der Waals surface area contributed by atoms with E-state index in [1.807, 2.05) is 6.92 Å².